The van der Waals surface area contributed by atoms with Gasteiger partial charge >= 0.3 is 0 Å². The Morgan fingerprint density at radius 2 is 2.20 bits per heavy atom. The maximum absolute atomic E-state index is 11.2. The normalized spacial score (nSPS) is 12.3. The third kappa shape index (κ3) is 4.83. The molecule has 0 aromatic carbocycles. The number of halogens is 1. The van der Waals surface area contributed by atoms with Crippen molar-refractivity contribution in [2.75, 3.05) is 14.2 Å². The molecule has 0 spiro atoms. The van der Waals surface area contributed by atoms with Gasteiger partial charge in [0.25, 0.3) is 5.91 Å². The summed E-state index contributed by atoms with van der Waals surface area (Å²) in [6.45, 7) is 5.75. The Bertz CT molecular complexity index is 306. The Kier molecular flexibility index (Phi) is 6.79. The van der Waals surface area contributed by atoms with Gasteiger partial charge in [0.15, 0.2) is 0 Å². The lowest BCUT2D eigenvalue weighted by atomic mass is 10.2. The molecule has 0 saturated carbocycles. The predicted molar refractivity (Wildman–Crippen MR) is 65.6 cm³/mol. The van der Waals surface area contributed by atoms with Crippen LogP contribution >= 0.6 is 15.9 Å². The number of allylic oxidation sites excluding steroid dienone is 2. The summed E-state index contributed by atoms with van der Waals surface area (Å²) in [7, 11) is 3.12. The van der Waals surface area contributed by atoms with Crippen molar-refractivity contribution in [3.8, 4) is 0 Å². The highest BCUT2D eigenvalue weighted by Crippen LogP contribution is 2.16. The lowest BCUT2D eigenvalue weighted by Gasteiger charge is -2.06. The van der Waals surface area contributed by atoms with E-state index >= 15 is 0 Å². The van der Waals surface area contributed by atoms with Crippen LogP contribution in [0.25, 0.3) is 0 Å². The molecule has 0 aromatic heterocycles. The minimum atomic E-state index is -0.180. The van der Waals surface area contributed by atoms with Gasteiger partial charge in [0.1, 0.15) is 5.76 Å². The third-order valence-corrected chi connectivity index (χ3v) is 2.31. The first-order valence-electron chi connectivity index (χ1n) is 4.59. The zero-order valence-corrected chi connectivity index (χ0v) is 10.8. The Hall–Kier alpha value is -1.03. The minimum absolute atomic E-state index is 0.180. The number of hydrogen-bond acceptors (Lipinski definition) is 2. The molecule has 0 atom stereocenters. The van der Waals surface area contributed by atoms with Gasteiger partial charge < -0.3 is 10.1 Å². The van der Waals surface area contributed by atoms with Crippen molar-refractivity contribution in [2.45, 2.75) is 13.3 Å². The zero-order valence-electron chi connectivity index (χ0n) is 9.26. The van der Waals surface area contributed by atoms with Gasteiger partial charge in [0.05, 0.1) is 11.6 Å². The van der Waals surface area contributed by atoms with Crippen molar-refractivity contribution < 1.29 is 9.53 Å². The number of nitrogens with one attached hydrogen (secondary N) is 1. The van der Waals surface area contributed by atoms with Crippen molar-refractivity contribution in [1.29, 1.82) is 0 Å². The molecule has 84 valence electrons. The first-order valence-corrected chi connectivity index (χ1v) is 5.38. The number of rotatable bonds is 5. The van der Waals surface area contributed by atoms with Crippen molar-refractivity contribution in [3.63, 3.8) is 0 Å². The molecule has 3 nitrogen and oxygen atoms in total. The number of carbonyl (C=O) groups excluding carboxylic acids is 1. The maximum Gasteiger partial charge on any atom is 0.258 e. The second-order valence-corrected chi connectivity index (χ2v) is 3.62. The standard InChI is InChI=1S/C11H16BrNO2/c1-5-6-9(8(2)15-4)7-10(12)11(14)13-3/h6-7H,2,5H2,1,3-4H3,(H,13,14)/b9-6-,10-7+. The van der Waals surface area contributed by atoms with Gasteiger partial charge in [-0.15, -0.1) is 0 Å². The average Bonchev–Trinajstić information content (AvgIpc) is 2.26. The number of ether oxygens (including phenoxy) is 1. The van der Waals surface area contributed by atoms with Crippen LogP contribution in [0.15, 0.2) is 34.5 Å². The largest absolute Gasteiger partial charge is 0.497 e. The fourth-order valence-corrected chi connectivity index (χ4v) is 1.36. The van der Waals surface area contributed by atoms with E-state index in [1.54, 1.807) is 20.2 Å². The summed E-state index contributed by atoms with van der Waals surface area (Å²) in [5.74, 6) is 0.360. The fourth-order valence-electron chi connectivity index (χ4n) is 0.913. The molecule has 0 rings (SSSR count). The van der Waals surface area contributed by atoms with Crippen LogP contribution in [0.4, 0.5) is 0 Å². The molecule has 0 bridgehead atoms. The van der Waals surface area contributed by atoms with E-state index in [0.29, 0.717) is 10.2 Å². The van der Waals surface area contributed by atoms with Crippen LogP contribution in [0, 0.1) is 0 Å². The molecule has 0 saturated heterocycles. The van der Waals surface area contributed by atoms with Gasteiger partial charge in [-0.2, -0.15) is 0 Å². The molecule has 0 aliphatic heterocycles. The molecule has 15 heavy (non-hydrogen) atoms. The van der Waals surface area contributed by atoms with E-state index in [2.05, 4.69) is 27.8 Å². The molecule has 0 aliphatic rings. The molecule has 0 radical (unpaired) electrons. The summed E-state index contributed by atoms with van der Waals surface area (Å²) in [6, 6.07) is 0. The number of methoxy groups -OCH3 is 1. The molecule has 1 N–H and O–H groups in total. The van der Waals surface area contributed by atoms with Gasteiger partial charge in [0.2, 0.25) is 0 Å². The van der Waals surface area contributed by atoms with Crippen molar-refractivity contribution >= 4 is 21.8 Å². The van der Waals surface area contributed by atoms with E-state index in [1.165, 1.54) is 0 Å². The number of carbonyl (C=O) groups is 1. The van der Waals surface area contributed by atoms with Gasteiger partial charge in [-0.1, -0.05) is 19.6 Å². The topological polar surface area (TPSA) is 38.3 Å². The predicted octanol–water partition coefficient (Wildman–Crippen LogP) is 2.51. The lowest BCUT2D eigenvalue weighted by Crippen LogP contribution is -2.17. The van der Waals surface area contributed by atoms with Gasteiger partial charge in [-0.3, -0.25) is 4.79 Å². The molecule has 0 unspecified atom stereocenters. The van der Waals surface area contributed by atoms with E-state index in [1.807, 2.05) is 13.0 Å². The summed E-state index contributed by atoms with van der Waals surface area (Å²) >= 11 is 3.18. The second-order valence-electron chi connectivity index (χ2n) is 2.77. The fraction of sp³-hybridized carbons (Fsp3) is 0.364. The van der Waals surface area contributed by atoms with E-state index in [9.17, 15) is 4.79 Å². The van der Waals surface area contributed by atoms with Crippen molar-refractivity contribution in [3.05, 3.63) is 34.5 Å². The Labute approximate surface area is 99.0 Å². The summed E-state index contributed by atoms with van der Waals surface area (Å²) in [4.78, 5) is 11.2. The average molecular weight is 274 g/mol. The summed E-state index contributed by atoms with van der Waals surface area (Å²) in [5.41, 5.74) is 0.801. The molecule has 4 heteroatoms. The monoisotopic (exact) mass is 273 g/mol. The van der Waals surface area contributed by atoms with Crippen LogP contribution in [-0.2, 0) is 9.53 Å². The van der Waals surface area contributed by atoms with Crippen LogP contribution in [0.2, 0.25) is 0 Å². The SMILES string of the molecule is C=C(OC)C(=C\CC)/C=C(/Br)C(=O)NC. The molecule has 1 amide bonds. The summed E-state index contributed by atoms with van der Waals surface area (Å²) in [6.07, 6.45) is 4.48. The number of amides is 1. The Balaban J connectivity index is 4.90. The van der Waals surface area contributed by atoms with Gasteiger partial charge in [-0.05, 0) is 28.4 Å². The van der Waals surface area contributed by atoms with Crippen LogP contribution in [0.1, 0.15) is 13.3 Å². The Morgan fingerprint density at radius 1 is 1.60 bits per heavy atom. The third-order valence-electron chi connectivity index (χ3n) is 1.72. The minimum Gasteiger partial charge on any atom is -0.497 e. The maximum atomic E-state index is 11.2. The van der Waals surface area contributed by atoms with Gasteiger partial charge in [0, 0.05) is 12.6 Å². The molecule has 0 aliphatic carbocycles. The zero-order chi connectivity index (χ0) is 11.8. The molecular weight excluding hydrogens is 258 g/mol. The number of likely N-dealkylation sites (N-methyl/N-ethyl adjacent to an activating group) is 1. The summed E-state index contributed by atoms with van der Waals surface area (Å²) < 4.78 is 5.47. The molecule has 0 aromatic rings. The highest BCUT2D eigenvalue weighted by Gasteiger charge is 2.06. The molecule has 0 heterocycles. The van der Waals surface area contributed by atoms with Gasteiger partial charge in [-0.25, -0.2) is 0 Å². The molecular formula is C11H16BrNO2. The van der Waals surface area contributed by atoms with Crippen LogP contribution < -0.4 is 5.32 Å². The highest BCUT2D eigenvalue weighted by molar-refractivity contribution is 9.12. The van der Waals surface area contributed by atoms with Crippen molar-refractivity contribution in [2.24, 2.45) is 0 Å². The lowest BCUT2D eigenvalue weighted by molar-refractivity contribution is -0.116. The van der Waals surface area contributed by atoms with E-state index in [0.717, 1.165) is 12.0 Å². The van der Waals surface area contributed by atoms with E-state index < -0.39 is 0 Å². The molecule has 0 fully saturated rings. The Morgan fingerprint density at radius 3 is 2.60 bits per heavy atom. The van der Waals surface area contributed by atoms with E-state index in [-0.39, 0.29) is 5.91 Å². The quantitative estimate of drug-likeness (QED) is 0.475. The first-order chi connectivity index (χ1) is 7.06. The number of hydrogen-bond donors (Lipinski definition) is 1. The van der Waals surface area contributed by atoms with Crippen LogP contribution in [0.5, 0.6) is 0 Å². The van der Waals surface area contributed by atoms with Crippen LogP contribution in [0.3, 0.4) is 0 Å². The summed E-state index contributed by atoms with van der Waals surface area (Å²) in [5, 5.41) is 2.52. The first kappa shape index (κ1) is 14.0. The smallest absolute Gasteiger partial charge is 0.258 e. The van der Waals surface area contributed by atoms with Crippen molar-refractivity contribution in [1.82, 2.24) is 5.32 Å². The second kappa shape index (κ2) is 7.29. The van der Waals surface area contributed by atoms with Crippen LogP contribution in [-0.4, -0.2) is 20.1 Å². The van der Waals surface area contributed by atoms with E-state index in [4.69, 9.17) is 4.74 Å². The highest BCUT2D eigenvalue weighted by atomic mass is 79.9.